The Hall–Kier alpha value is -2.44. The molecule has 5 N–H and O–H groups in total. The standard InChI is InChI=1S/C18H22N5O7P/c19-17-16-18(21-9-22(17)7-13(25)11-4-2-1-3-5-11)23(10-20-16)15-6-12(24)14(30-15)8-29-31(26,27)28/h1-5,9-10,12-15,19,24-25H,6-8H2,(H2,26,27,28)/t12-,13?,14+,15+/m0/s1. The van der Waals surface area contributed by atoms with Crippen LogP contribution in [0.4, 0.5) is 0 Å². The largest absolute Gasteiger partial charge is 0.469 e. The minimum atomic E-state index is -4.68. The van der Waals surface area contributed by atoms with Gasteiger partial charge < -0.3 is 29.3 Å². The summed E-state index contributed by atoms with van der Waals surface area (Å²) in [5.41, 5.74) is 1.41. The summed E-state index contributed by atoms with van der Waals surface area (Å²) in [7, 11) is -4.68. The van der Waals surface area contributed by atoms with Crippen molar-refractivity contribution in [2.24, 2.45) is 0 Å². The molecular weight excluding hydrogens is 429 g/mol. The van der Waals surface area contributed by atoms with Crippen LogP contribution in [-0.2, 0) is 20.4 Å². The summed E-state index contributed by atoms with van der Waals surface area (Å²) < 4.78 is 24.0. The molecule has 0 amide bonds. The van der Waals surface area contributed by atoms with E-state index in [1.807, 2.05) is 18.2 Å². The molecule has 12 nitrogen and oxygen atoms in total. The second kappa shape index (κ2) is 8.60. The van der Waals surface area contributed by atoms with Gasteiger partial charge in [-0.15, -0.1) is 0 Å². The van der Waals surface area contributed by atoms with E-state index in [0.717, 1.165) is 5.56 Å². The lowest BCUT2D eigenvalue weighted by Gasteiger charge is -2.16. The van der Waals surface area contributed by atoms with Crippen molar-refractivity contribution in [2.75, 3.05) is 6.61 Å². The van der Waals surface area contributed by atoms with E-state index >= 15 is 0 Å². The van der Waals surface area contributed by atoms with Crippen molar-refractivity contribution in [1.82, 2.24) is 19.1 Å². The Morgan fingerprint density at radius 3 is 2.71 bits per heavy atom. The summed E-state index contributed by atoms with van der Waals surface area (Å²) in [5.74, 6) is 0. The van der Waals surface area contributed by atoms with E-state index in [1.165, 1.54) is 17.2 Å². The number of hydrogen-bond donors (Lipinski definition) is 5. The van der Waals surface area contributed by atoms with Crippen LogP contribution in [0.25, 0.3) is 11.2 Å². The van der Waals surface area contributed by atoms with Gasteiger partial charge in [-0.2, -0.15) is 0 Å². The van der Waals surface area contributed by atoms with Gasteiger partial charge in [-0.25, -0.2) is 14.5 Å². The van der Waals surface area contributed by atoms with E-state index in [0.29, 0.717) is 5.65 Å². The van der Waals surface area contributed by atoms with Crippen LogP contribution < -0.4 is 5.49 Å². The first-order valence-electron chi connectivity index (χ1n) is 9.46. The van der Waals surface area contributed by atoms with Gasteiger partial charge in [0.15, 0.2) is 11.1 Å². The fraction of sp³-hybridized carbons (Fsp3) is 0.389. The molecule has 2 aromatic heterocycles. The SMILES string of the molecule is N=c1c2ncn([C@H]3C[C@H](O)[C@@H](COP(=O)(O)O)O3)c2ncn1CC(O)c1ccccc1. The second-order valence-electron chi connectivity index (χ2n) is 7.21. The highest BCUT2D eigenvalue weighted by Gasteiger charge is 2.37. The number of nitrogens with zero attached hydrogens (tertiary/aromatic N) is 4. The van der Waals surface area contributed by atoms with Crippen LogP contribution in [0.2, 0.25) is 0 Å². The van der Waals surface area contributed by atoms with Gasteiger partial charge >= 0.3 is 7.82 Å². The highest BCUT2D eigenvalue weighted by Crippen LogP contribution is 2.38. The fourth-order valence-corrected chi connectivity index (χ4v) is 3.83. The molecule has 0 aliphatic carbocycles. The molecule has 1 fully saturated rings. The van der Waals surface area contributed by atoms with Crippen LogP contribution in [-0.4, -0.2) is 57.9 Å². The number of aliphatic hydroxyl groups excluding tert-OH is 2. The first-order chi connectivity index (χ1) is 14.7. The van der Waals surface area contributed by atoms with Gasteiger partial charge in [0.1, 0.15) is 17.8 Å². The van der Waals surface area contributed by atoms with Crippen molar-refractivity contribution in [3.8, 4) is 0 Å². The van der Waals surface area contributed by atoms with E-state index < -0.39 is 39.0 Å². The number of benzene rings is 1. The number of nitrogens with one attached hydrogen (secondary N) is 1. The Labute approximate surface area is 176 Å². The molecule has 4 atom stereocenters. The first-order valence-corrected chi connectivity index (χ1v) is 11.0. The summed E-state index contributed by atoms with van der Waals surface area (Å²) in [6, 6.07) is 9.09. The molecule has 31 heavy (non-hydrogen) atoms. The molecule has 1 saturated heterocycles. The Morgan fingerprint density at radius 1 is 1.26 bits per heavy atom. The summed E-state index contributed by atoms with van der Waals surface area (Å²) in [6.45, 7) is -0.345. The summed E-state index contributed by atoms with van der Waals surface area (Å²) >= 11 is 0. The number of phosphoric acid groups is 1. The number of aromatic nitrogens is 4. The highest BCUT2D eigenvalue weighted by atomic mass is 31.2. The third-order valence-corrected chi connectivity index (χ3v) is 5.56. The average molecular weight is 451 g/mol. The first kappa shape index (κ1) is 21.8. The summed E-state index contributed by atoms with van der Waals surface area (Å²) in [6.07, 6.45) is -0.453. The lowest BCUT2D eigenvalue weighted by molar-refractivity contribution is -0.0424. The van der Waals surface area contributed by atoms with Gasteiger partial charge in [0.05, 0.1) is 38.0 Å². The monoisotopic (exact) mass is 451 g/mol. The third kappa shape index (κ3) is 4.75. The number of ether oxygens (including phenoxy) is 1. The number of aliphatic hydroxyl groups is 2. The van der Waals surface area contributed by atoms with Gasteiger partial charge in [-0.1, -0.05) is 30.3 Å². The number of rotatable bonds is 7. The number of fused-ring (bicyclic) bond motifs is 1. The molecule has 4 rings (SSSR count). The molecule has 1 unspecified atom stereocenters. The molecule has 13 heteroatoms. The van der Waals surface area contributed by atoms with Gasteiger partial charge in [0.2, 0.25) is 0 Å². The predicted molar refractivity (Wildman–Crippen MR) is 105 cm³/mol. The number of phosphoric ester groups is 1. The maximum atomic E-state index is 10.9. The molecule has 166 valence electrons. The Morgan fingerprint density at radius 2 is 2.00 bits per heavy atom. The quantitative estimate of drug-likeness (QED) is 0.314. The van der Waals surface area contributed by atoms with E-state index in [2.05, 4.69) is 14.5 Å². The summed E-state index contributed by atoms with van der Waals surface area (Å²) in [5, 5.41) is 29.0. The highest BCUT2D eigenvalue weighted by molar-refractivity contribution is 7.46. The third-order valence-electron chi connectivity index (χ3n) is 5.07. The normalized spacial score (nSPS) is 22.8. The molecule has 0 radical (unpaired) electrons. The molecule has 3 aromatic rings. The average Bonchev–Trinajstić information content (AvgIpc) is 3.32. The van der Waals surface area contributed by atoms with Crippen molar-refractivity contribution in [3.05, 3.63) is 54.0 Å². The lowest BCUT2D eigenvalue weighted by Crippen LogP contribution is -2.26. The molecule has 1 aliphatic heterocycles. The summed E-state index contributed by atoms with van der Waals surface area (Å²) in [4.78, 5) is 26.2. The zero-order valence-corrected chi connectivity index (χ0v) is 17.1. The fourth-order valence-electron chi connectivity index (χ4n) is 3.49. The van der Waals surface area contributed by atoms with Gasteiger partial charge in [0, 0.05) is 6.42 Å². The Kier molecular flexibility index (Phi) is 6.04. The molecule has 1 aromatic carbocycles. The van der Waals surface area contributed by atoms with E-state index in [9.17, 15) is 14.8 Å². The second-order valence-corrected chi connectivity index (χ2v) is 8.45. The minimum absolute atomic E-state index is 0.0543. The van der Waals surface area contributed by atoms with Crippen molar-refractivity contribution in [3.63, 3.8) is 0 Å². The molecule has 0 saturated carbocycles. The van der Waals surface area contributed by atoms with E-state index in [-0.39, 0.29) is 24.0 Å². The van der Waals surface area contributed by atoms with Crippen LogP contribution in [0.3, 0.4) is 0 Å². The number of imidazole rings is 1. The zero-order chi connectivity index (χ0) is 22.2. The van der Waals surface area contributed by atoms with Crippen molar-refractivity contribution in [2.45, 2.75) is 37.5 Å². The van der Waals surface area contributed by atoms with Crippen LogP contribution >= 0.6 is 7.82 Å². The van der Waals surface area contributed by atoms with Gasteiger partial charge in [-0.05, 0) is 5.56 Å². The van der Waals surface area contributed by atoms with Crippen molar-refractivity contribution < 1.29 is 33.8 Å². The predicted octanol–water partition coefficient (Wildman–Crippen LogP) is 0.204. The Balaban J connectivity index is 1.53. The zero-order valence-electron chi connectivity index (χ0n) is 16.2. The van der Waals surface area contributed by atoms with Crippen molar-refractivity contribution >= 4 is 19.0 Å². The minimum Gasteiger partial charge on any atom is -0.390 e. The topological polar surface area (TPSA) is 176 Å². The smallest absolute Gasteiger partial charge is 0.390 e. The molecular formula is C18H22N5O7P. The van der Waals surface area contributed by atoms with E-state index in [4.69, 9.17) is 19.9 Å². The molecule has 3 heterocycles. The molecule has 1 aliphatic rings. The maximum Gasteiger partial charge on any atom is 0.469 e. The molecule has 0 spiro atoms. The van der Waals surface area contributed by atoms with Crippen LogP contribution in [0, 0.1) is 5.41 Å². The van der Waals surface area contributed by atoms with E-state index in [1.54, 1.807) is 16.7 Å². The Bertz CT molecular complexity index is 1160. The van der Waals surface area contributed by atoms with Crippen LogP contribution in [0.1, 0.15) is 24.3 Å². The maximum absolute atomic E-state index is 10.9. The molecule has 0 bridgehead atoms. The lowest BCUT2D eigenvalue weighted by atomic mass is 10.1. The van der Waals surface area contributed by atoms with Crippen LogP contribution in [0.15, 0.2) is 43.0 Å². The van der Waals surface area contributed by atoms with Gasteiger partial charge in [-0.3, -0.25) is 14.5 Å². The number of hydrogen-bond acceptors (Lipinski definition) is 8. The van der Waals surface area contributed by atoms with Crippen molar-refractivity contribution in [1.29, 1.82) is 5.41 Å². The van der Waals surface area contributed by atoms with Gasteiger partial charge in [0.25, 0.3) is 0 Å². The van der Waals surface area contributed by atoms with Crippen LogP contribution in [0.5, 0.6) is 0 Å².